The van der Waals surface area contributed by atoms with Crippen molar-refractivity contribution in [2.75, 3.05) is 13.7 Å². The van der Waals surface area contributed by atoms with Crippen molar-refractivity contribution >= 4 is 11.6 Å². The smallest absolute Gasteiger partial charge is 0.129 e. The van der Waals surface area contributed by atoms with Gasteiger partial charge in [0.2, 0.25) is 0 Å². The number of pyridine rings is 1. The Kier molecular flexibility index (Phi) is 4.08. The molecule has 0 aliphatic rings. The first-order chi connectivity index (χ1) is 6.95. The molecule has 84 valence electrons. The highest BCUT2D eigenvalue weighted by atomic mass is 35.5. The molecule has 0 fully saturated rings. The monoisotopic (exact) mass is 228 g/mol. The van der Waals surface area contributed by atoms with Crippen LogP contribution in [-0.2, 0) is 6.54 Å². The average molecular weight is 229 g/mol. The standard InChI is InChI=1S/C11H17ClN2O/c1-11(2,8-15)14(3)7-9-5-4-6-10(12)13-9/h4-6,15H,7-8H2,1-3H3. The number of aliphatic hydroxyl groups excluding tert-OH is 1. The van der Waals surface area contributed by atoms with Crippen LogP contribution in [0.2, 0.25) is 5.15 Å². The van der Waals surface area contributed by atoms with Crippen LogP contribution in [0, 0.1) is 0 Å². The van der Waals surface area contributed by atoms with Crippen LogP contribution in [0.15, 0.2) is 18.2 Å². The molecule has 0 radical (unpaired) electrons. The summed E-state index contributed by atoms with van der Waals surface area (Å²) < 4.78 is 0. The van der Waals surface area contributed by atoms with Gasteiger partial charge in [0.15, 0.2) is 0 Å². The molecule has 0 atom stereocenters. The van der Waals surface area contributed by atoms with Gasteiger partial charge in [0.05, 0.1) is 12.3 Å². The van der Waals surface area contributed by atoms with Gasteiger partial charge in [0.1, 0.15) is 5.15 Å². The van der Waals surface area contributed by atoms with E-state index in [1.165, 1.54) is 0 Å². The first-order valence-corrected chi connectivity index (χ1v) is 5.27. The molecule has 0 saturated carbocycles. The summed E-state index contributed by atoms with van der Waals surface area (Å²) in [6.07, 6.45) is 0. The van der Waals surface area contributed by atoms with Crippen molar-refractivity contribution in [3.63, 3.8) is 0 Å². The second-order valence-corrected chi connectivity index (χ2v) is 4.67. The largest absolute Gasteiger partial charge is 0.394 e. The van der Waals surface area contributed by atoms with Crippen molar-refractivity contribution in [1.82, 2.24) is 9.88 Å². The number of halogens is 1. The molecule has 0 aliphatic heterocycles. The molecule has 0 bridgehead atoms. The summed E-state index contributed by atoms with van der Waals surface area (Å²) in [6.45, 7) is 4.76. The molecule has 1 heterocycles. The third kappa shape index (κ3) is 3.45. The summed E-state index contributed by atoms with van der Waals surface area (Å²) in [7, 11) is 1.96. The van der Waals surface area contributed by atoms with Crippen LogP contribution < -0.4 is 0 Å². The third-order valence-electron chi connectivity index (χ3n) is 2.59. The summed E-state index contributed by atoms with van der Waals surface area (Å²) >= 11 is 5.80. The topological polar surface area (TPSA) is 36.4 Å². The Labute approximate surface area is 95.7 Å². The molecule has 0 aliphatic carbocycles. The van der Waals surface area contributed by atoms with Crippen LogP contribution in [-0.4, -0.2) is 34.2 Å². The molecule has 1 N–H and O–H groups in total. The number of aromatic nitrogens is 1. The summed E-state index contributed by atoms with van der Waals surface area (Å²) in [4.78, 5) is 6.25. The number of hydrogen-bond donors (Lipinski definition) is 1. The van der Waals surface area contributed by atoms with Gasteiger partial charge in [-0.2, -0.15) is 0 Å². The van der Waals surface area contributed by atoms with Crippen LogP contribution in [0.5, 0.6) is 0 Å². The zero-order chi connectivity index (χ0) is 11.5. The first kappa shape index (κ1) is 12.4. The Bertz CT molecular complexity index is 328. The van der Waals surface area contributed by atoms with E-state index in [1.54, 1.807) is 6.07 Å². The van der Waals surface area contributed by atoms with Crippen LogP contribution in [0.1, 0.15) is 19.5 Å². The van der Waals surface area contributed by atoms with E-state index in [-0.39, 0.29) is 12.1 Å². The number of rotatable bonds is 4. The van der Waals surface area contributed by atoms with Gasteiger partial charge in [-0.25, -0.2) is 4.98 Å². The quantitative estimate of drug-likeness (QED) is 0.801. The Morgan fingerprint density at radius 2 is 2.13 bits per heavy atom. The van der Waals surface area contributed by atoms with E-state index < -0.39 is 0 Å². The van der Waals surface area contributed by atoms with E-state index in [1.807, 2.05) is 37.9 Å². The summed E-state index contributed by atoms with van der Waals surface area (Å²) in [6, 6.07) is 5.56. The van der Waals surface area contributed by atoms with Crippen molar-refractivity contribution in [3.05, 3.63) is 29.0 Å². The van der Waals surface area contributed by atoms with E-state index in [9.17, 15) is 5.11 Å². The van der Waals surface area contributed by atoms with Crippen molar-refractivity contribution in [3.8, 4) is 0 Å². The molecule has 1 aromatic rings. The molecule has 0 spiro atoms. The fraction of sp³-hybridized carbons (Fsp3) is 0.545. The lowest BCUT2D eigenvalue weighted by atomic mass is 10.1. The summed E-state index contributed by atoms with van der Waals surface area (Å²) in [5, 5.41) is 9.71. The van der Waals surface area contributed by atoms with Crippen molar-refractivity contribution < 1.29 is 5.11 Å². The number of hydrogen-bond acceptors (Lipinski definition) is 3. The van der Waals surface area contributed by atoms with Crippen LogP contribution in [0.4, 0.5) is 0 Å². The highest BCUT2D eigenvalue weighted by Gasteiger charge is 2.22. The lowest BCUT2D eigenvalue weighted by molar-refractivity contribution is 0.0724. The van der Waals surface area contributed by atoms with Crippen LogP contribution >= 0.6 is 11.6 Å². The maximum atomic E-state index is 9.21. The lowest BCUT2D eigenvalue weighted by Gasteiger charge is -2.33. The fourth-order valence-electron chi connectivity index (χ4n) is 1.12. The molecule has 15 heavy (non-hydrogen) atoms. The van der Waals surface area contributed by atoms with Gasteiger partial charge in [-0.05, 0) is 33.0 Å². The van der Waals surface area contributed by atoms with E-state index in [2.05, 4.69) is 4.98 Å². The molecule has 1 aromatic heterocycles. The first-order valence-electron chi connectivity index (χ1n) is 4.89. The van der Waals surface area contributed by atoms with Gasteiger partial charge >= 0.3 is 0 Å². The molecule has 0 amide bonds. The van der Waals surface area contributed by atoms with E-state index in [4.69, 9.17) is 11.6 Å². The molecule has 1 rings (SSSR count). The summed E-state index contributed by atoms with van der Waals surface area (Å²) in [5.41, 5.74) is 0.663. The normalized spacial score (nSPS) is 12.1. The van der Waals surface area contributed by atoms with Crippen LogP contribution in [0.3, 0.4) is 0 Å². The molecule has 0 aromatic carbocycles. The van der Waals surface area contributed by atoms with Crippen molar-refractivity contribution in [2.24, 2.45) is 0 Å². The zero-order valence-corrected chi connectivity index (χ0v) is 10.1. The minimum absolute atomic E-state index is 0.115. The number of aliphatic hydroxyl groups is 1. The molecular formula is C11H17ClN2O. The highest BCUT2D eigenvalue weighted by Crippen LogP contribution is 2.15. The third-order valence-corrected chi connectivity index (χ3v) is 2.80. The van der Waals surface area contributed by atoms with Crippen molar-refractivity contribution in [1.29, 1.82) is 0 Å². The van der Waals surface area contributed by atoms with Crippen LogP contribution in [0.25, 0.3) is 0 Å². The Morgan fingerprint density at radius 3 is 2.67 bits per heavy atom. The minimum Gasteiger partial charge on any atom is -0.394 e. The number of likely N-dealkylation sites (N-methyl/N-ethyl adjacent to an activating group) is 1. The predicted molar refractivity (Wildman–Crippen MR) is 61.9 cm³/mol. The zero-order valence-electron chi connectivity index (χ0n) is 9.37. The Hall–Kier alpha value is -0.640. The molecular weight excluding hydrogens is 212 g/mol. The van der Waals surface area contributed by atoms with E-state index >= 15 is 0 Å². The molecule has 0 saturated heterocycles. The minimum atomic E-state index is -0.246. The SMILES string of the molecule is CN(Cc1cccc(Cl)n1)C(C)(C)CO. The maximum absolute atomic E-state index is 9.21. The second-order valence-electron chi connectivity index (χ2n) is 4.28. The van der Waals surface area contributed by atoms with Gasteiger partial charge in [-0.3, -0.25) is 4.90 Å². The summed E-state index contributed by atoms with van der Waals surface area (Å²) in [5.74, 6) is 0. The predicted octanol–water partition coefficient (Wildman–Crippen LogP) is 1.94. The molecule has 0 unspecified atom stereocenters. The van der Waals surface area contributed by atoms with Gasteiger partial charge in [-0.1, -0.05) is 17.7 Å². The van der Waals surface area contributed by atoms with Gasteiger partial charge in [-0.15, -0.1) is 0 Å². The van der Waals surface area contributed by atoms with Gasteiger partial charge in [0, 0.05) is 12.1 Å². The lowest BCUT2D eigenvalue weighted by Crippen LogP contribution is -2.43. The fourth-order valence-corrected chi connectivity index (χ4v) is 1.30. The number of nitrogens with zero attached hydrogens (tertiary/aromatic N) is 2. The molecule has 4 heteroatoms. The van der Waals surface area contributed by atoms with E-state index in [0.717, 1.165) is 5.69 Å². The highest BCUT2D eigenvalue weighted by molar-refractivity contribution is 6.29. The van der Waals surface area contributed by atoms with E-state index in [0.29, 0.717) is 11.7 Å². The average Bonchev–Trinajstić information content (AvgIpc) is 2.17. The van der Waals surface area contributed by atoms with Crippen molar-refractivity contribution in [2.45, 2.75) is 25.9 Å². The molecule has 3 nitrogen and oxygen atoms in total. The van der Waals surface area contributed by atoms with Gasteiger partial charge in [0.25, 0.3) is 0 Å². The Balaban J connectivity index is 2.70. The Morgan fingerprint density at radius 1 is 1.47 bits per heavy atom. The van der Waals surface area contributed by atoms with Gasteiger partial charge < -0.3 is 5.11 Å². The second kappa shape index (κ2) is 4.92. The maximum Gasteiger partial charge on any atom is 0.129 e.